The van der Waals surface area contributed by atoms with Crippen LogP contribution in [-0.4, -0.2) is 54.3 Å². The van der Waals surface area contributed by atoms with Gasteiger partial charge < -0.3 is 25.6 Å². The van der Waals surface area contributed by atoms with Gasteiger partial charge in [0.25, 0.3) is 0 Å². The number of carbonyl (C=O) groups excluding carboxylic acids is 1. The van der Waals surface area contributed by atoms with Crippen LogP contribution < -0.4 is 20.9 Å². The average molecular weight is 485 g/mol. The van der Waals surface area contributed by atoms with Gasteiger partial charge >= 0.3 is 5.97 Å². The Morgan fingerprint density at radius 1 is 1.12 bits per heavy atom. The van der Waals surface area contributed by atoms with E-state index in [0.717, 1.165) is 42.4 Å². The molecule has 0 unspecified atom stereocenters. The molecular weight excluding hydrogens is 456 g/mol. The van der Waals surface area contributed by atoms with Gasteiger partial charge in [-0.2, -0.15) is 4.98 Å². The Hall–Kier alpha value is -2.98. The van der Waals surface area contributed by atoms with Crippen molar-refractivity contribution < 1.29 is 9.53 Å². The highest BCUT2D eigenvalue weighted by Gasteiger charge is 2.23. The number of nitrogens with zero attached hydrogens (tertiary/aromatic N) is 3. The maximum Gasteiger partial charge on any atom is 0.350 e. The van der Waals surface area contributed by atoms with E-state index in [1.165, 1.54) is 18.4 Å². The largest absolute Gasteiger partial charge is 0.465 e. The zero-order valence-electron chi connectivity index (χ0n) is 18.9. The quantitative estimate of drug-likeness (QED) is 0.351. The number of anilines is 3. The SMILES string of the molecule is COC(=O)c1sccc1NC(=S)N[C@H]1CC[C@@H](Nc2nc(N(C)C)c3ccccc3n2)CC1. The fourth-order valence-corrected chi connectivity index (χ4v) is 5.07. The van der Waals surface area contributed by atoms with Gasteiger partial charge in [-0.05, 0) is 61.5 Å². The minimum Gasteiger partial charge on any atom is -0.465 e. The number of para-hydroxylation sites is 1. The molecule has 8 nitrogen and oxygen atoms in total. The fourth-order valence-electron chi connectivity index (χ4n) is 4.03. The number of aromatic nitrogens is 2. The molecule has 10 heteroatoms. The molecule has 0 atom stereocenters. The molecule has 174 valence electrons. The molecule has 0 radical (unpaired) electrons. The van der Waals surface area contributed by atoms with E-state index < -0.39 is 0 Å². The van der Waals surface area contributed by atoms with Gasteiger partial charge in [-0.1, -0.05) is 12.1 Å². The van der Waals surface area contributed by atoms with Crippen molar-refractivity contribution in [2.75, 3.05) is 36.7 Å². The van der Waals surface area contributed by atoms with E-state index in [1.807, 2.05) is 54.7 Å². The molecule has 33 heavy (non-hydrogen) atoms. The Kier molecular flexibility index (Phi) is 7.24. The molecule has 3 N–H and O–H groups in total. The summed E-state index contributed by atoms with van der Waals surface area (Å²) in [6.07, 6.45) is 3.92. The second-order valence-electron chi connectivity index (χ2n) is 8.23. The summed E-state index contributed by atoms with van der Waals surface area (Å²) in [5.41, 5.74) is 1.61. The number of benzene rings is 1. The molecule has 0 amide bonds. The first kappa shape index (κ1) is 23.2. The highest BCUT2D eigenvalue weighted by atomic mass is 32.1. The lowest BCUT2D eigenvalue weighted by molar-refractivity contribution is 0.0607. The normalized spacial score (nSPS) is 17.9. The number of methoxy groups -OCH3 is 1. The molecule has 2 heterocycles. The predicted molar refractivity (Wildman–Crippen MR) is 139 cm³/mol. The summed E-state index contributed by atoms with van der Waals surface area (Å²) in [6, 6.07) is 10.5. The lowest BCUT2D eigenvalue weighted by Gasteiger charge is -2.30. The Morgan fingerprint density at radius 3 is 2.58 bits per heavy atom. The lowest BCUT2D eigenvalue weighted by Crippen LogP contribution is -2.42. The van der Waals surface area contributed by atoms with Crippen molar-refractivity contribution in [3.05, 3.63) is 40.6 Å². The van der Waals surface area contributed by atoms with Crippen LogP contribution in [0.1, 0.15) is 35.4 Å². The molecule has 0 saturated heterocycles. The molecule has 1 aliphatic carbocycles. The minimum atomic E-state index is -0.366. The van der Waals surface area contributed by atoms with Crippen LogP contribution in [0, 0.1) is 0 Å². The zero-order valence-corrected chi connectivity index (χ0v) is 20.6. The molecule has 1 aliphatic rings. The first-order valence-electron chi connectivity index (χ1n) is 10.9. The van der Waals surface area contributed by atoms with E-state index in [1.54, 1.807) is 0 Å². The van der Waals surface area contributed by atoms with Crippen molar-refractivity contribution >= 4 is 63.0 Å². The van der Waals surface area contributed by atoms with Crippen LogP contribution in [0.3, 0.4) is 0 Å². The van der Waals surface area contributed by atoms with Gasteiger partial charge in [-0.3, -0.25) is 0 Å². The number of ether oxygens (including phenoxy) is 1. The lowest BCUT2D eigenvalue weighted by atomic mass is 9.91. The van der Waals surface area contributed by atoms with Crippen LogP contribution in [0.15, 0.2) is 35.7 Å². The maximum atomic E-state index is 11.8. The molecular formula is C23H28N6O2S2. The number of fused-ring (bicyclic) bond motifs is 1. The van der Waals surface area contributed by atoms with Crippen LogP contribution in [0.5, 0.6) is 0 Å². The van der Waals surface area contributed by atoms with Gasteiger partial charge in [0.1, 0.15) is 10.7 Å². The molecule has 1 saturated carbocycles. The van der Waals surface area contributed by atoms with Gasteiger partial charge in [0.15, 0.2) is 5.11 Å². The standard InChI is InChI=1S/C23H28N6O2S2/c1-29(2)20-16-6-4-5-7-17(16)26-22(28-20)24-14-8-10-15(11-9-14)25-23(32)27-18-12-13-33-19(18)21(30)31-3/h4-7,12-15H,8-11H2,1-3H3,(H,24,26,28)(H2,25,27,32)/t14-,15+. The first-order valence-corrected chi connectivity index (χ1v) is 12.2. The third kappa shape index (κ3) is 5.51. The average Bonchev–Trinajstić information content (AvgIpc) is 3.27. The minimum absolute atomic E-state index is 0.276. The fraction of sp³-hybridized carbons (Fsp3) is 0.391. The van der Waals surface area contributed by atoms with Crippen LogP contribution >= 0.6 is 23.6 Å². The van der Waals surface area contributed by atoms with Crippen molar-refractivity contribution in [1.82, 2.24) is 15.3 Å². The topological polar surface area (TPSA) is 91.4 Å². The molecule has 0 spiro atoms. The van der Waals surface area contributed by atoms with E-state index in [-0.39, 0.29) is 12.0 Å². The molecule has 1 fully saturated rings. The van der Waals surface area contributed by atoms with E-state index >= 15 is 0 Å². The number of carbonyl (C=O) groups is 1. The zero-order chi connectivity index (χ0) is 23.4. The smallest absolute Gasteiger partial charge is 0.350 e. The van der Waals surface area contributed by atoms with Crippen LogP contribution in [0.25, 0.3) is 10.9 Å². The van der Waals surface area contributed by atoms with Gasteiger partial charge in [0.2, 0.25) is 5.95 Å². The molecule has 0 aliphatic heterocycles. The summed E-state index contributed by atoms with van der Waals surface area (Å²) in [5.74, 6) is 1.21. The van der Waals surface area contributed by atoms with Crippen molar-refractivity contribution in [3.63, 3.8) is 0 Å². The van der Waals surface area contributed by atoms with Gasteiger partial charge in [-0.15, -0.1) is 11.3 Å². The van der Waals surface area contributed by atoms with Crippen LogP contribution in [0.2, 0.25) is 0 Å². The Bertz CT molecular complexity index is 1140. The number of rotatable bonds is 6. The van der Waals surface area contributed by atoms with Gasteiger partial charge in [0.05, 0.1) is 18.3 Å². The summed E-state index contributed by atoms with van der Waals surface area (Å²) in [5, 5.41) is 13.4. The van der Waals surface area contributed by atoms with Crippen molar-refractivity contribution in [1.29, 1.82) is 0 Å². The number of thiophene rings is 1. The molecule has 4 rings (SSSR count). The number of hydrogen-bond acceptors (Lipinski definition) is 8. The van der Waals surface area contributed by atoms with E-state index in [2.05, 4.69) is 16.0 Å². The number of esters is 1. The second-order valence-corrected chi connectivity index (χ2v) is 9.55. The third-order valence-electron chi connectivity index (χ3n) is 5.69. The number of nitrogens with one attached hydrogen (secondary N) is 3. The molecule has 3 aromatic rings. The van der Waals surface area contributed by atoms with Crippen LogP contribution in [0.4, 0.5) is 17.5 Å². The van der Waals surface area contributed by atoms with Crippen LogP contribution in [-0.2, 0) is 4.74 Å². The van der Waals surface area contributed by atoms with E-state index in [0.29, 0.717) is 27.7 Å². The monoisotopic (exact) mass is 484 g/mol. The highest BCUT2D eigenvalue weighted by Crippen LogP contribution is 2.27. The highest BCUT2D eigenvalue weighted by molar-refractivity contribution is 7.80. The summed E-state index contributed by atoms with van der Waals surface area (Å²) in [7, 11) is 5.37. The summed E-state index contributed by atoms with van der Waals surface area (Å²) in [6.45, 7) is 0. The number of hydrogen-bond donors (Lipinski definition) is 3. The summed E-state index contributed by atoms with van der Waals surface area (Å²) in [4.78, 5) is 23.9. The van der Waals surface area contributed by atoms with Gasteiger partial charge in [-0.25, -0.2) is 9.78 Å². The predicted octanol–water partition coefficient (Wildman–Crippen LogP) is 4.25. The third-order valence-corrected chi connectivity index (χ3v) is 6.80. The van der Waals surface area contributed by atoms with Gasteiger partial charge in [0, 0.05) is 31.6 Å². The Labute approximate surface area is 202 Å². The molecule has 1 aromatic carbocycles. The Morgan fingerprint density at radius 2 is 1.85 bits per heavy atom. The summed E-state index contributed by atoms with van der Waals surface area (Å²) < 4.78 is 4.82. The molecule has 2 aromatic heterocycles. The van der Waals surface area contributed by atoms with Crippen molar-refractivity contribution in [2.45, 2.75) is 37.8 Å². The number of thiocarbonyl (C=S) groups is 1. The second kappa shape index (κ2) is 10.3. The van der Waals surface area contributed by atoms with Crippen molar-refractivity contribution in [2.24, 2.45) is 0 Å². The molecule has 0 bridgehead atoms. The van der Waals surface area contributed by atoms with E-state index in [9.17, 15) is 4.79 Å². The Balaban J connectivity index is 1.32. The first-order chi connectivity index (χ1) is 15.9. The summed E-state index contributed by atoms with van der Waals surface area (Å²) >= 11 is 6.80. The van der Waals surface area contributed by atoms with E-state index in [4.69, 9.17) is 26.9 Å². The maximum absolute atomic E-state index is 11.8. The van der Waals surface area contributed by atoms with Crippen molar-refractivity contribution in [3.8, 4) is 0 Å².